The number of esters is 1. The number of carbonyl (C=O) groups excluding carboxylic acids is 2. The third kappa shape index (κ3) is 5.38. The molecule has 1 fully saturated rings. The minimum atomic E-state index is -0.228. The lowest BCUT2D eigenvalue weighted by Crippen LogP contribution is -2.33. The van der Waals surface area contributed by atoms with E-state index in [2.05, 4.69) is 0 Å². The van der Waals surface area contributed by atoms with Crippen molar-refractivity contribution in [1.82, 2.24) is 0 Å². The average molecular weight is 318 g/mol. The van der Waals surface area contributed by atoms with E-state index in [1.54, 1.807) is 0 Å². The summed E-state index contributed by atoms with van der Waals surface area (Å²) in [6.07, 6.45) is 5.49. The minimum Gasteiger partial charge on any atom is -0.493 e. The van der Waals surface area contributed by atoms with E-state index in [0.29, 0.717) is 24.3 Å². The van der Waals surface area contributed by atoms with Crippen molar-refractivity contribution in [3.05, 3.63) is 29.8 Å². The predicted octanol–water partition coefficient (Wildman–Crippen LogP) is 4.17. The smallest absolute Gasteiger partial charge is 0.302 e. The van der Waals surface area contributed by atoms with E-state index in [0.717, 1.165) is 32.1 Å². The largest absolute Gasteiger partial charge is 0.493 e. The Kier molecular flexibility index (Phi) is 6.63. The van der Waals surface area contributed by atoms with Gasteiger partial charge in [0, 0.05) is 24.8 Å². The SMILES string of the molecule is CCCC(=O)c1cccc(OC[C@@H]2CCCC[C@H]2OC(C)=O)c1. The number of carbonyl (C=O) groups is 2. The highest BCUT2D eigenvalue weighted by atomic mass is 16.5. The van der Waals surface area contributed by atoms with Crippen LogP contribution < -0.4 is 4.74 Å². The quantitative estimate of drug-likeness (QED) is 0.559. The summed E-state index contributed by atoms with van der Waals surface area (Å²) >= 11 is 0. The van der Waals surface area contributed by atoms with Crippen LogP contribution in [0.3, 0.4) is 0 Å². The van der Waals surface area contributed by atoms with E-state index in [-0.39, 0.29) is 23.8 Å². The van der Waals surface area contributed by atoms with Gasteiger partial charge in [-0.2, -0.15) is 0 Å². The first-order chi connectivity index (χ1) is 11.1. The standard InChI is InChI=1S/C19H26O4/c1-3-7-18(21)15-9-6-10-17(12-15)22-13-16-8-4-5-11-19(16)23-14(2)20/h6,9-10,12,16,19H,3-5,7-8,11,13H2,1-2H3/t16-,19+/m0/s1. The van der Waals surface area contributed by atoms with Gasteiger partial charge in [-0.1, -0.05) is 25.5 Å². The summed E-state index contributed by atoms with van der Waals surface area (Å²) in [5.74, 6) is 0.851. The van der Waals surface area contributed by atoms with Crippen molar-refractivity contribution in [2.45, 2.75) is 58.5 Å². The monoisotopic (exact) mass is 318 g/mol. The lowest BCUT2D eigenvalue weighted by molar-refractivity contribution is -0.151. The van der Waals surface area contributed by atoms with Gasteiger partial charge in [0.25, 0.3) is 0 Å². The fraction of sp³-hybridized carbons (Fsp3) is 0.579. The molecule has 1 saturated carbocycles. The van der Waals surface area contributed by atoms with Crippen LogP contribution in [0.1, 0.15) is 62.7 Å². The van der Waals surface area contributed by atoms with Gasteiger partial charge in [-0.05, 0) is 37.8 Å². The van der Waals surface area contributed by atoms with Crippen molar-refractivity contribution in [2.75, 3.05) is 6.61 Å². The number of hydrogen-bond acceptors (Lipinski definition) is 4. The maximum Gasteiger partial charge on any atom is 0.302 e. The Morgan fingerprint density at radius 2 is 2.00 bits per heavy atom. The maximum absolute atomic E-state index is 12.0. The molecular formula is C19H26O4. The topological polar surface area (TPSA) is 52.6 Å². The third-order valence-corrected chi connectivity index (χ3v) is 4.25. The number of ether oxygens (including phenoxy) is 2. The van der Waals surface area contributed by atoms with Crippen molar-refractivity contribution in [3.8, 4) is 5.75 Å². The zero-order valence-electron chi connectivity index (χ0n) is 14.0. The molecule has 0 aliphatic heterocycles. The molecule has 1 aliphatic rings. The molecule has 4 nitrogen and oxygen atoms in total. The first kappa shape index (κ1) is 17.5. The van der Waals surface area contributed by atoms with Gasteiger partial charge in [-0.3, -0.25) is 9.59 Å². The highest BCUT2D eigenvalue weighted by Crippen LogP contribution is 2.28. The molecule has 0 spiro atoms. The molecule has 1 aromatic rings. The molecule has 0 heterocycles. The van der Waals surface area contributed by atoms with Gasteiger partial charge in [-0.25, -0.2) is 0 Å². The molecule has 23 heavy (non-hydrogen) atoms. The van der Waals surface area contributed by atoms with Crippen LogP contribution in [0.5, 0.6) is 5.75 Å². The van der Waals surface area contributed by atoms with Gasteiger partial charge in [0.2, 0.25) is 0 Å². The Labute approximate surface area is 138 Å². The number of benzene rings is 1. The Morgan fingerprint density at radius 1 is 1.22 bits per heavy atom. The van der Waals surface area contributed by atoms with Crippen molar-refractivity contribution in [3.63, 3.8) is 0 Å². The lowest BCUT2D eigenvalue weighted by Gasteiger charge is -2.30. The summed E-state index contributed by atoms with van der Waals surface area (Å²) in [6.45, 7) is 3.97. The van der Waals surface area contributed by atoms with Crippen LogP contribution in [-0.2, 0) is 9.53 Å². The molecule has 0 bridgehead atoms. The van der Waals surface area contributed by atoms with E-state index >= 15 is 0 Å². The van der Waals surface area contributed by atoms with Crippen molar-refractivity contribution >= 4 is 11.8 Å². The zero-order chi connectivity index (χ0) is 16.7. The molecule has 0 radical (unpaired) electrons. The highest BCUT2D eigenvalue weighted by molar-refractivity contribution is 5.96. The number of ketones is 1. The van der Waals surface area contributed by atoms with Gasteiger partial charge in [0.1, 0.15) is 11.9 Å². The molecule has 126 valence electrons. The fourth-order valence-corrected chi connectivity index (χ4v) is 3.07. The second-order valence-electron chi connectivity index (χ2n) is 6.20. The molecule has 0 aromatic heterocycles. The number of hydrogen-bond donors (Lipinski definition) is 0. The third-order valence-electron chi connectivity index (χ3n) is 4.25. The van der Waals surface area contributed by atoms with E-state index < -0.39 is 0 Å². The van der Waals surface area contributed by atoms with Gasteiger partial charge in [0.05, 0.1) is 6.61 Å². The first-order valence-corrected chi connectivity index (χ1v) is 8.53. The van der Waals surface area contributed by atoms with Crippen LogP contribution in [0.25, 0.3) is 0 Å². The minimum absolute atomic E-state index is 0.0499. The van der Waals surface area contributed by atoms with Crippen LogP contribution in [0.4, 0.5) is 0 Å². The molecule has 1 aromatic carbocycles. The average Bonchev–Trinajstić information content (AvgIpc) is 2.54. The summed E-state index contributed by atoms with van der Waals surface area (Å²) in [4.78, 5) is 23.2. The Balaban J connectivity index is 1.95. The second-order valence-corrected chi connectivity index (χ2v) is 6.20. The second kappa shape index (κ2) is 8.70. The van der Waals surface area contributed by atoms with Crippen LogP contribution in [0.15, 0.2) is 24.3 Å². The summed E-state index contributed by atoms with van der Waals surface area (Å²) < 4.78 is 11.3. The fourth-order valence-electron chi connectivity index (χ4n) is 3.07. The molecule has 0 amide bonds. The molecule has 0 saturated heterocycles. The van der Waals surface area contributed by atoms with Crippen molar-refractivity contribution < 1.29 is 19.1 Å². The highest BCUT2D eigenvalue weighted by Gasteiger charge is 2.28. The lowest BCUT2D eigenvalue weighted by atomic mass is 9.87. The Bertz CT molecular complexity index is 538. The summed E-state index contributed by atoms with van der Waals surface area (Å²) in [5, 5.41) is 0. The number of rotatable bonds is 7. The molecule has 2 rings (SSSR count). The number of Topliss-reactive ketones (excluding diaryl/α,β-unsaturated/α-hetero) is 1. The van der Waals surface area contributed by atoms with Gasteiger partial charge in [0.15, 0.2) is 5.78 Å². The molecular weight excluding hydrogens is 292 g/mol. The normalized spacial score (nSPS) is 20.8. The maximum atomic E-state index is 12.0. The van der Waals surface area contributed by atoms with Gasteiger partial charge >= 0.3 is 5.97 Å². The molecule has 0 N–H and O–H groups in total. The summed E-state index contributed by atoms with van der Waals surface area (Å²) in [6, 6.07) is 7.35. The molecule has 0 unspecified atom stereocenters. The Hall–Kier alpha value is -1.84. The first-order valence-electron chi connectivity index (χ1n) is 8.53. The molecule has 4 heteroatoms. The van der Waals surface area contributed by atoms with Gasteiger partial charge in [-0.15, -0.1) is 0 Å². The molecule has 1 aliphatic carbocycles. The Morgan fingerprint density at radius 3 is 2.74 bits per heavy atom. The van der Waals surface area contributed by atoms with Crippen LogP contribution in [-0.4, -0.2) is 24.5 Å². The zero-order valence-corrected chi connectivity index (χ0v) is 14.0. The van der Waals surface area contributed by atoms with Crippen molar-refractivity contribution in [1.29, 1.82) is 0 Å². The van der Waals surface area contributed by atoms with Gasteiger partial charge < -0.3 is 9.47 Å². The summed E-state index contributed by atoms with van der Waals surface area (Å²) in [7, 11) is 0. The van der Waals surface area contributed by atoms with Crippen LogP contribution in [0, 0.1) is 5.92 Å². The summed E-state index contributed by atoms with van der Waals surface area (Å²) in [5.41, 5.74) is 0.699. The van der Waals surface area contributed by atoms with Crippen molar-refractivity contribution in [2.24, 2.45) is 5.92 Å². The predicted molar refractivity (Wildman–Crippen MR) is 88.7 cm³/mol. The van der Waals surface area contributed by atoms with E-state index in [9.17, 15) is 9.59 Å². The van der Waals surface area contributed by atoms with Crippen LogP contribution >= 0.6 is 0 Å². The van der Waals surface area contributed by atoms with E-state index in [4.69, 9.17) is 9.47 Å². The van der Waals surface area contributed by atoms with Crippen LogP contribution in [0.2, 0.25) is 0 Å². The van der Waals surface area contributed by atoms with E-state index in [1.165, 1.54) is 6.92 Å². The molecule has 2 atom stereocenters. The van der Waals surface area contributed by atoms with E-state index in [1.807, 2.05) is 31.2 Å².